The molecule has 3 saturated heterocycles. The molecule has 0 N–H and O–H groups in total. The predicted molar refractivity (Wildman–Crippen MR) is 89.5 cm³/mol. The van der Waals surface area contributed by atoms with Crippen LogP contribution in [-0.4, -0.2) is 72.1 Å². The summed E-state index contributed by atoms with van der Waals surface area (Å²) in [6, 6.07) is 0. The molecule has 0 bridgehead atoms. The first-order valence-electron chi connectivity index (χ1n) is 7.99. The van der Waals surface area contributed by atoms with E-state index in [4.69, 9.17) is 23.7 Å². The summed E-state index contributed by atoms with van der Waals surface area (Å²) in [7, 11) is 1.57. The average Bonchev–Trinajstić information content (AvgIpc) is 2.98. The Hall–Kier alpha value is -0.160. The number of carbonyl (C=O) groups is 1. The molecular formula is C15H24INO6. The van der Waals surface area contributed by atoms with Gasteiger partial charge in [0.2, 0.25) is 0 Å². The molecule has 0 aromatic heterocycles. The Balaban J connectivity index is 1.53. The molecule has 0 unspecified atom stereocenters. The van der Waals surface area contributed by atoms with Gasteiger partial charge >= 0.3 is 6.09 Å². The van der Waals surface area contributed by atoms with Crippen molar-refractivity contribution in [3.05, 3.63) is 0 Å². The number of hydrogen-bond donors (Lipinski definition) is 0. The highest BCUT2D eigenvalue weighted by Crippen LogP contribution is 2.39. The molecule has 8 heteroatoms. The van der Waals surface area contributed by atoms with Gasteiger partial charge in [-0.2, -0.15) is 0 Å². The van der Waals surface area contributed by atoms with Crippen molar-refractivity contribution in [2.24, 2.45) is 0 Å². The summed E-state index contributed by atoms with van der Waals surface area (Å²) < 4.78 is 28.8. The minimum atomic E-state index is -0.680. The number of piperidine rings is 1. The lowest BCUT2D eigenvalue weighted by Crippen LogP contribution is -2.41. The zero-order chi connectivity index (χ0) is 16.6. The number of methoxy groups -OCH3 is 1. The molecule has 3 fully saturated rings. The maximum atomic E-state index is 12.2. The monoisotopic (exact) mass is 441 g/mol. The molecule has 3 aliphatic heterocycles. The van der Waals surface area contributed by atoms with Crippen LogP contribution in [0.1, 0.15) is 26.7 Å². The van der Waals surface area contributed by atoms with E-state index >= 15 is 0 Å². The second kappa shape index (κ2) is 6.99. The molecule has 4 atom stereocenters. The third kappa shape index (κ3) is 3.92. The number of carbonyl (C=O) groups excluding carboxylic acids is 1. The number of rotatable bonds is 3. The largest absolute Gasteiger partial charge is 0.447 e. The summed E-state index contributed by atoms with van der Waals surface area (Å²) in [5, 5.41) is 0. The van der Waals surface area contributed by atoms with Crippen LogP contribution in [-0.2, 0) is 23.7 Å². The molecule has 132 valence electrons. The van der Waals surface area contributed by atoms with Crippen molar-refractivity contribution in [2.45, 2.75) is 61.0 Å². The summed E-state index contributed by atoms with van der Waals surface area (Å²) in [6.45, 7) is 5.35. The van der Waals surface area contributed by atoms with Crippen molar-refractivity contribution in [1.82, 2.24) is 4.90 Å². The Morgan fingerprint density at radius 2 is 1.91 bits per heavy atom. The van der Waals surface area contributed by atoms with Crippen LogP contribution in [0.25, 0.3) is 0 Å². The Kier molecular flexibility index (Phi) is 5.37. The molecule has 0 spiro atoms. The van der Waals surface area contributed by atoms with E-state index in [1.807, 2.05) is 13.8 Å². The third-order valence-corrected chi connectivity index (χ3v) is 5.64. The van der Waals surface area contributed by atoms with E-state index in [-0.39, 0.29) is 31.0 Å². The maximum absolute atomic E-state index is 12.2. The van der Waals surface area contributed by atoms with E-state index in [2.05, 4.69) is 22.6 Å². The minimum absolute atomic E-state index is 0.142. The second-order valence-corrected chi connectivity index (χ2v) is 8.34. The minimum Gasteiger partial charge on any atom is -0.447 e. The predicted octanol–water partition coefficient (Wildman–Crippen LogP) is 1.91. The van der Waals surface area contributed by atoms with E-state index in [9.17, 15) is 4.79 Å². The fourth-order valence-corrected chi connectivity index (χ4v) is 3.80. The lowest BCUT2D eigenvalue weighted by atomic mass is 10.1. The highest BCUT2D eigenvalue weighted by Gasteiger charge is 2.55. The number of alkyl halides is 1. The number of ether oxygens (including phenoxy) is 5. The van der Waals surface area contributed by atoms with Crippen molar-refractivity contribution >= 4 is 28.7 Å². The smallest absolute Gasteiger partial charge is 0.409 e. The number of likely N-dealkylation sites (tertiary alicyclic amines) is 1. The summed E-state index contributed by atoms with van der Waals surface area (Å²) in [5.41, 5.74) is 0. The van der Waals surface area contributed by atoms with Gasteiger partial charge in [0.25, 0.3) is 0 Å². The molecule has 3 rings (SSSR count). The first-order valence-corrected chi connectivity index (χ1v) is 9.24. The zero-order valence-electron chi connectivity index (χ0n) is 13.7. The van der Waals surface area contributed by atoms with E-state index in [0.29, 0.717) is 3.92 Å². The van der Waals surface area contributed by atoms with Crippen molar-refractivity contribution in [3.8, 4) is 0 Å². The van der Waals surface area contributed by atoms with E-state index in [1.165, 1.54) is 0 Å². The highest BCUT2D eigenvalue weighted by molar-refractivity contribution is 14.1. The van der Waals surface area contributed by atoms with Gasteiger partial charge in [0.1, 0.15) is 24.9 Å². The normalized spacial score (nSPS) is 37.0. The molecule has 1 amide bonds. The SMILES string of the molecule is CO[C@@H]1O[C@H](COC(=O)N2CCC(I)CC2)[C@H]2OC(C)(C)O[C@@H]12. The van der Waals surface area contributed by atoms with Crippen LogP contribution >= 0.6 is 22.6 Å². The second-order valence-electron chi connectivity index (χ2n) is 6.58. The van der Waals surface area contributed by atoms with Crippen LogP contribution < -0.4 is 0 Å². The number of hydrogen-bond acceptors (Lipinski definition) is 6. The molecule has 0 aromatic rings. The lowest BCUT2D eigenvalue weighted by Gasteiger charge is -2.29. The molecule has 3 aliphatic rings. The topological polar surface area (TPSA) is 66.5 Å². The van der Waals surface area contributed by atoms with E-state index < -0.39 is 12.1 Å². The molecule has 0 aromatic carbocycles. The van der Waals surface area contributed by atoms with Gasteiger partial charge in [-0.1, -0.05) is 22.6 Å². The average molecular weight is 441 g/mol. The standard InChI is InChI=1S/C15H24INO6/c1-15(2)22-11-10(21-13(19-3)12(11)23-15)8-20-14(18)17-6-4-9(16)5-7-17/h9-13H,4-8H2,1-3H3/t10-,11-,12-,13-/m1/s1. The number of fused-ring (bicyclic) bond motifs is 1. The lowest BCUT2D eigenvalue weighted by molar-refractivity contribution is -0.230. The van der Waals surface area contributed by atoms with Gasteiger partial charge in [0, 0.05) is 24.1 Å². The maximum Gasteiger partial charge on any atom is 0.409 e. The summed E-state index contributed by atoms with van der Waals surface area (Å²) >= 11 is 2.43. The molecule has 7 nitrogen and oxygen atoms in total. The first-order chi connectivity index (χ1) is 10.9. The van der Waals surface area contributed by atoms with Crippen molar-refractivity contribution in [3.63, 3.8) is 0 Å². The Morgan fingerprint density at radius 3 is 2.57 bits per heavy atom. The van der Waals surface area contributed by atoms with Gasteiger partial charge in [-0.25, -0.2) is 4.79 Å². The van der Waals surface area contributed by atoms with Gasteiger partial charge in [0.05, 0.1) is 0 Å². The molecule has 3 heterocycles. The Morgan fingerprint density at radius 1 is 1.26 bits per heavy atom. The summed E-state index contributed by atoms with van der Waals surface area (Å²) in [4.78, 5) is 13.9. The van der Waals surface area contributed by atoms with Crippen molar-refractivity contribution in [1.29, 1.82) is 0 Å². The van der Waals surface area contributed by atoms with Gasteiger partial charge in [-0.15, -0.1) is 0 Å². The third-order valence-electron chi connectivity index (χ3n) is 4.39. The van der Waals surface area contributed by atoms with Crippen LogP contribution in [0.2, 0.25) is 0 Å². The van der Waals surface area contributed by atoms with Gasteiger partial charge < -0.3 is 28.6 Å². The van der Waals surface area contributed by atoms with E-state index in [1.54, 1.807) is 12.0 Å². The summed E-state index contributed by atoms with van der Waals surface area (Å²) in [5.74, 6) is -0.680. The first kappa shape index (κ1) is 17.7. The highest BCUT2D eigenvalue weighted by atomic mass is 127. The summed E-state index contributed by atoms with van der Waals surface area (Å²) in [6.07, 6.45) is 0.274. The van der Waals surface area contributed by atoms with Gasteiger partial charge in [0.15, 0.2) is 12.1 Å². The Bertz CT molecular complexity index is 440. The van der Waals surface area contributed by atoms with Crippen molar-refractivity contribution < 1.29 is 28.5 Å². The van der Waals surface area contributed by atoms with Crippen LogP contribution in [0.3, 0.4) is 0 Å². The molecular weight excluding hydrogens is 417 g/mol. The molecule has 0 aliphatic carbocycles. The quantitative estimate of drug-likeness (QED) is 0.493. The fourth-order valence-electron chi connectivity index (χ4n) is 3.24. The van der Waals surface area contributed by atoms with E-state index in [0.717, 1.165) is 25.9 Å². The van der Waals surface area contributed by atoms with Crippen LogP contribution in [0, 0.1) is 0 Å². The number of nitrogens with zero attached hydrogens (tertiary/aromatic N) is 1. The van der Waals surface area contributed by atoms with Crippen molar-refractivity contribution in [2.75, 3.05) is 26.8 Å². The van der Waals surface area contributed by atoms with Gasteiger partial charge in [-0.05, 0) is 26.7 Å². The van der Waals surface area contributed by atoms with Crippen LogP contribution in [0.4, 0.5) is 4.79 Å². The molecule has 0 radical (unpaired) electrons. The van der Waals surface area contributed by atoms with Crippen LogP contribution in [0.15, 0.2) is 0 Å². The fraction of sp³-hybridized carbons (Fsp3) is 0.933. The zero-order valence-corrected chi connectivity index (χ0v) is 15.9. The molecule has 0 saturated carbocycles. The molecule has 23 heavy (non-hydrogen) atoms. The number of halogens is 1. The van der Waals surface area contributed by atoms with Gasteiger partial charge in [-0.3, -0.25) is 0 Å². The Labute approximate surface area is 150 Å². The number of amides is 1. The van der Waals surface area contributed by atoms with Crippen LogP contribution in [0.5, 0.6) is 0 Å².